The molecule has 0 spiro atoms. The normalized spacial score (nSPS) is 15.0. The molecule has 9 heteroatoms. The lowest BCUT2D eigenvalue weighted by Gasteiger charge is -2.19. The highest BCUT2D eigenvalue weighted by Gasteiger charge is 2.25. The minimum atomic E-state index is -3.60. The molecule has 2 aromatic heterocycles. The molecule has 3 aromatic rings. The van der Waals surface area contributed by atoms with Crippen LogP contribution >= 0.6 is 0 Å². The van der Waals surface area contributed by atoms with Crippen LogP contribution in [0.1, 0.15) is 63.5 Å². The molecule has 1 aromatic carbocycles. The van der Waals surface area contributed by atoms with Gasteiger partial charge in [-0.3, -0.25) is 4.79 Å². The number of benzene rings is 1. The van der Waals surface area contributed by atoms with Crippen LogP contribution in [-0.2, 0) is 21.3 Å². The van der Waals surface area contributed by atoms with Crippen LogP contribution in [0.5, 0.6) is 0 Å². The van der Waals surface area contributed by atoms with E-state index in [4.69, 9.17) is 9.15 Å². The first-order chi connectivity index (χ1) is 16.8. The average Bonchev–Trinajstić information content (AvgIpc) is 3.35. The van der Waals surface area contributed by atoms with E-state index in [0.717, 1.165) is 42.8 Å². The summed E-state index contributed by atoms with van der Waals surface area (Å²) >= 11 is 0. The van der Waals surface area contributed by atoms with E-state index in [1.807, 2.05) is 30.5 Å². The number of carbonyl (C=O) groups excluding carboxylic acids is 2. The van der Waals surface area contributed by atoms with Crippen LogP contribution in [0.25, 0.3) is 0 Å². The van der Waals surface area contributed by atoms with Crippen molar-refractivity contribution in [1.82, 2.24) is 8.87 Å². The lowest BCUT2D eigenvalue weighted by atomic mass is 10.1. The predicted octanol–water partition coefficient (Wildman–Crippen LogP) is 4.35. The summed E-state index contributed by atoms with van der Waals surface area (Å²) in [6.07, 6.45) is 5.37. The number of nitrogens with zero attached hydrogens (tertiary/aromatic N) is 2. The Labute approximate surface area is 205 Å². The van der Waals surface area contributed by atoms with Crippen molar-refractivity contribution < 1.29 is 27.2 Å². The summed E-state index contributed by atoms with van der Waals surface area (Å²) in [4.78, 5) is 25.4. The second-order valence-corrected chi connectivity index (χ2v) is 10.7. The van der Waals surface area contributed by atoms with Crippen molar-refractivity contribution >= 4 is 21.8 Å². The van der Waals surface area contributed by atoms with Crippen LogP contribution in [0, 0.1) is 13.8 Å². The van der Waals surface area contributed by atoms with Crippen LogP contribution in [0.2, 0.25) is 0 Å². The fourth-order valence-electron chi connectivity index (χ4n) is 4.37. The van der Waals surface area contributed by atoms with E-state index >= 15 is 0 Å². The number of hydrogen-bond donors (Lipinski definition) is 0. The highest BCUT2D eigenvalue weighted by Crippen LogP contribution is 2.21. The van der Waals surface area contributed by atoms with Gasteiger partial charge in [-0.25, -0.2) is 13.2 Å². The van der Waals surface area contributed by atoms with Gasteiger partial charge in [-0.1, -0.05) is 12.8 Å². The molecule has 4 rings (SSSR count). The Hall–Kier alpha value is -3.17. The topological polar surface area (TPSA) is 98.8 Å². The van der Waals surface area contributed by atoms with Crippen LogP contribution in [0.15, 0.2) is 58.0 Å². The third kappa shape index (κ3) is 5.57. The molecular weight excluding hydrogens is 468 g/mol. The molecule has 1 aliphatic heterocycles. The number of hydrogen-bond acceptors (Lipinski definition) is 6. The maximum atomic E-state index is 12.9. The molecule has 35 heavy (non-hydrogen) atoms. The number of sulfonamides is 1. The zero-order valence-electron chi connectivity index (χ0n) is 20.0. The molecule has 0 unspecified atom stereocenters. The second-order valence-electron chi connectivity index (χ2n) is 8.79. The van der Waals surface area contributed by atoms with Gasteiger partial charge in [0.1, 0.15) is 5.76 Å². The largest absolute Gasteiger partial charge is 0.467 e. The molecular formula is C26H30N2O6S. The number of rotatable bonds is 8. The Balaban J connectivity index is 1.38. The van der Waals surface area contributed by atoms with Crippen molar-refractivity contribution in [3.63, 3.8) is 0 Å². The average molecular weight is 499 g/mol. The molecule has 1 aliphatic rings. The van der Waals surface area contributed by atoms with Crippen LogP contribution in [0.4, 0.5) is 0 Å². The zero-order chi connectivity index (χ0) is 25.0. The Kier molecular flexibility index (Phi) is 7.57. The number of aromatic nitrogens is 1. The molecule has 186 valence electrons. The molecule has 1 fully saturated rings. The molecule has 0 amide bonds. The zero-order valence-corrected chi connectivity index (χ0v) is 20.8. The van der Waals surface area contributed by atoms with E-state index in [2.05, 4.69) is 0 Å². The SMILES string of the molecule is Cc1cc(C(=O)COC(=O)c2ccc(S(=O)(=O)N3CCCCCC3)cc2)c(C)n1Cc1ccco1. The molecule has 1 saturated heterocycles. The molecule has 8 nitrogen and oxygen atoms in total. The Bertz CT molecular complexity index is 1280. The van der Waals surface area contributed by atoms with Crippen molar-refractivity contribution in [2.75, 3.05) is 19.7 Å². The van der Waals surface area contributed by atoms with E-state index in [1.54, 1.807) is 12.3 Å². The van der Waals surface area contributed by atoms with Gasteiger partial charge in [0.15, 0.2) is 6.61 Å². The summed E-state index contributed by atoms with van der Waals surface area (Å²) in [5, 5.41) is 0. The van der Waals surface area contributed by atoms with Gasteiger partial charge in [0.25, 0.3) is 0 Å². The van der Waals surface area contributed by atoms with E-state index in [0.29, 0.717) is 25.2 Å². The fourth-order valence-corrected chi connectivity index (χ4v) is 5.89. The quantitative estimate of drug-likeness (QED) is 0.338. The van der Waals surface area contributed by atoms with E-state index in [-0.39, 0.29) is 16.2 Å². The minimum Gasteiger partial charge on any atom is -0.467 e. The Morgan fingerprint density at radius 1 is 1.00 bits per heavy atom. The smallest absolute Gasteiger partial charge is 0.338 e. The third-order valence-corrected chi connectivity index (χ3v) is 8.31. The van der Waals surface area contributed by atoms with E-state index in [1.165, 1.54) is 28.6 Å². The first-order valence-corrected chi connectivity index (χ1v) is 13.2. The van der Waals surface area contributed by atoms with Crippen LogP contribution in [-0.4, -0.2) is 48.7 Å². The van der Waals surface area contributed by atoms with Crippen molar-refractivity contribution in [1.29, 1.82) is 0 Å². The Morgan fingerprint density at radius 3 is 2.31 bits per heavy atom. The molecule has 0 radical (unpaired) electrons. The summed E-state index contributed by atoms with van der Waals surface area (Å²) in [6, 6.07) is 11.1. The summed E-state index contributed by atoms with van der Waals surface area (Å²) < 4.78 is 39.9. The molecule has 0 saturated carbocycles. The third-order valence-electron chi connectivity index (χ3n) is 6.40. The number of Topliss-reactive ketones (excluding diaryl/α,β-unsaturated/α-hetero) is 1. The first-order valence-electron chi connectivity index (χ1n) is 11.8. The number of ketones is 1. The van der Waals surface area contributed by atoms with Crippen molar-refractivity contribution in [2.45, 2.75) is 51.0 Å². The molecule has 3 heterocycles. The highest BCUT2D eigenvalue weighted by atomic mass is 32.2. The van der Waals surface area contributed by atoms with Crippen molar-refractivity contribution in [2.24, 2.45) is 0 Å². The number of furan rings is 1. The van der Waals surface area contributed by atoms with E-state index in [9.17, 15) is 18.0 Å². The Morgan fingerprint density at radius 2 is 1.69 bits per heavy atom. The summed E-state index contributed by atoms with van der Waals surface area (Å²) in [6.45, 7) is 4.86. The van der Waals surface area contributed by atoms with Crippen LogP contribution in [0.3, 0.4) is 0 Å². The van der Waals surface area contributed by atoms with E-state index < -0.39 is 22.6 Å². The summed E-state index contributed by atoms with van der Waals surface area (Å²) in [5.41, 5.74) is 2.34. The summed E-state index contributed by atoms with van der Waals surface area (Å²) in [7, 11) is -3.60. The van der Waals surface area contributed by atoms with Gasteiger partial charge in [0.05, 0.1) is 23.3 Å². The molecule has 0 aliphatic carbocycles. The van der Waals surface area contributed by atoms with Gasteiger partial charge in [0, 0.05) is 30.0 Å². The minimum absolute atomic E-state index is 0.149. The molecule has 0 N–H and O–H groups in total. The lowest BCUT2D eigenvalue weighted by Crippen LogP contribution is -2.31. The lowest BCUT2D eigenvalue weighted by molar-refractivity contribution is 0.0474. The maximum Gasteiger partial charge on any atom is 0.338 e. The standard InChI is InChI=1S/C26H30N2O6S/c1-19-16-24(20(2)28(19)17-22-8-7-15-33-22)25(29)18-34-26(30)21-9-11-23(12-10-21)35(31,32)27-13-5-3-4-6-14-27/h7-12,15-16H,3-6,13-14,17-18H2,1-2H3. The number of aryl methyl sites for hydroxylation is 1. The van der Waals surface area contributed by atoms with Gasteiger partial charge in [-0.2, -0.15) is 4.31 Å². The van der Waals surface area contributed by atoms with Gasteiger partial charge >= 0.3 is 5.97 Å². The van der Waals surface area contributed by atoms with Gasteiger partial charge in [0.2, 0.25) is 15.8 Å². The van der Waals surface area contributed by atoms with Crippen molar-refractivity contribution in [3.05, 3.63) is 77.0 Å². The van der Waals surface area contributed by atoms with Gasteiger partial charge < -0.3 is 13.7 Å². The second kappa shape index (κ2) is 10.6. The number of esters is 1. The first kappa shape index (κ1) is 24.9. The number of ether oxygens (including phenoxy) is 1. The summed E-state index contributed by atoms with van der Waals surface area (Å²) in [5.74, 6) is -0.211. The fraction of sp³-hybridized carbons (Fsp3) is 0.385. The number of carbonyl (C=O) groups is 2. The van der Waals surface area contributed by atoms with Gasteiger partial charge in [-0.15, -0.1) is 0 Å². The molecule has 0 bridgehead atoms. The maximum absolute atomic E-state index is 12.9. The molecule has 0 atom stereocenters. The van der Waals surface area contributed by atoms with Crippen molar-refractivity contribution in [3.8, 4) is 0 Å². The van der Waals surface area contributed by atoms with Crippen LogP contribution < -0.4 is 0 Å². The van der Waals surface area contributed by atoms with Gasteiger partial charge in [-0.05, 0) is 69.2 Å². The highest BCUT2D eigenvalue weighted by molar-refractivity contribution is 7.89. The monoisotopic (exact) mass is 498 g/mol. The predicted molar refractivity (Wildman–Crippen MR) is 130 cm³/mol.